The minimum absolute atomic E-state index is 0.00479. The number of likely N-dealkylation sites (tertiary alicyclic amines) is 1. The smallest absolute Gasteiger partial charge is 0.269 e. The highest BCUT2D eigenvalue weighted by atomic mass is 35.5. The molecule has 2 heterocycles. The maximum Gasteiger partial charge on any atom is 0.269 e. The lowest BCUT2D eigenvalue weighted by molar-refractivity contribution is 0.0901. The number of fused-ring (bicyclic) bond motifs is 1. The van der Waals surface area contributed by atoms with E-state index in [0.717, 1.165) is 29.8 Å². The van der Waals surface area contributed by atoms with Gasteiger partial charge in [-0.3, -0.25) is 9.69 Å². The number of nitrogens with zero attached hydrogens (tertiary/aromatic N) is 1. The molecule has 8 nitrogen and oxygen atoms in total. The fourth-order valence-electron chi connectivity index (χ4n) is 5.38. The number of hydrogen-bond donors (Lipinski definition) is 2. The number of aryl methyl sites for hydroxylation is 2. The van der Waals surface area contributed by atoms with Crippen LogP contribution < -0.4 is 5.32 Å². The Balaban J connectivity index is 1.34. The molecular weight excluding hydrogens is 582 g/mol. The maximum absolute atomic E-state index is 14.0. The van der Waals surface area contributed by atoms with Crippen LogP contribution in [0.3, 0.4) is 0 Å². The summed E-state index contributed by atoms with van der Waals surface area (Å²) in [6.07, 6.45) is 2.57. The zero-order valence-corrected chi connectivity index (χ0v) is 25.5. The average Bonchev–Trinajstić information content (AvgIpc) is 3.29. The summed E-state index contributed by atoms with van der Waals surface area (Å²) in [7, 11) is -7.29. The molecule has 1 aliphatic heterocycles. The number of piperidine rings is 1. The molecule has 0 aliphatic carbocycles. The molecule has 5 rings (SSSR count). The largest absolute Gasteiger partial charge is 0.349 e. The summed E-state index contributed by atoms with van der Waals surface area (Å²) < 4.78 is 51.3. The van der Waals surface area contributed by atoms with Crippen LogP contribution in [-0.2, 0) is 26.2 Å². The van der Waals surface area contributed by atoms with E-state index in [2.05, 4.69) is 15.2 Å². The van der Waals surface area contributed by atoms with Crippen LogP contribution in [0.15, 0.2) is 75.4 Å². The molecule has 1 saturated heterocycles. The van der Waals surface area contributed by atoms with E-state index in [1.54, 1.807) is 42.5 Å². The van der Waals surface area contributed by atoms with Crippen LogP contribution in [0, 0.1) is 13.8 Å². The highest BCUT2D eigenvalue weighted by Gasteiger charge is 2.31. The fourth-order valence-corrected chi connectivity index (χ4v) is 7.97. The quantitative estimate of drug-likeness (QED) is 0.301. The third-order valence-electron chi connectivity index (χ3n) is 7.39. The fraction of sp³-hybridized carbons (Fsp3) is 0.300. The summed E-state index contributed by atoms with van der Waals surface area (Å²) in [6, 6.07) is 16.8. The van der Waals surface area contributed by atoms with Crippen molar-refractivity contribution in [2.45, 2.75) is 54.0 Å². The molecule has 1 fully saturated rings. The van der Waals surface area contributed by atoms with Gasteiger partial charge in [-0.05, 0) is 85.8 Å². The molecule has 0 saturated carbocycles. The van der Waals surface area contributed by atoms with Crippen molar-refractivity contribution in [3.05, 3.63) is 88.1 Å². The molecular formula is C30H32ClN3O5S2. The minimum Gasteiger partial charge on any atom is -0.349 e. The molecule has 0 radical (unpaired) electrons. The van der Waals surface area contributed by atoms with E-state index in [4.69, 9.17) is 11.6 Å². The maximum atomic E-state index is 14.0. The van der Waals surface area contributed by atoms with Gasteiger partial charge in [0.05, 0.1) is 9.79 Å². The van der Waals surface area contributed by atoms with E-state index in [-0.39, 0.29) is 21.5 Å². The lowest BCUT2D eigenvalue weighted by Crippen LogP contribution is -2.44. The van der Waals surface area contributed by atoms with Crippen molar-refractivity contribution in [2.24, 2.45) is 0 Å². The molecule has 0 spiro atoms. The molecule has 41 heavy (non-hydrogen) atoms. The van der Waals surface area contributed by atoms with Crippen LogP contribution in [0.4, 0.5) is 0 Å². The topological polar surface area (TPSA) is 116 Å². The second-order valence-corrected chi connectivity index (χ2v) is 15.1. The summed E-state index contributed by atoms with van der Waals surface area (Å²) in [5.74, 6) is -0.477. The minimum atomic E-state index is -4.05. The molecule has 0 bridgehead atoms. The molecule has 0 atom stereocenters. The third-order valence-corrected chi connectivity index (χ3v) is 10.6. The standard InChI is InChI=1S/C30H32ClN3O5S2/c1-19-14-20(2)16-25(15-19)41(38,39)29-26-17-22(31)6-9-27(26)33-28(29)30(35)32-23-10-12-34(13-11-23)18-21-4-7-24(8-5-21)40(3,36)37/h4-9,14-17,23,33H,10-13,18H2,1-3H3,(H,32,35). The van der Waals surface area contributed by atoms with Crippen molar-refractivity contribution in [1.82, 2.24) is 15.2 Å². The second-order valence-electron chi connectivity index (χ2n) is 10.8. The normalized spacial score (nSPS) is 15.3. The van der Waals surface area contributed by atoms with Crippen molar-refractivity contribution < 1.29 is 21.6 Å². The van der Waals surface area contributed by atoms with Crippen LogP contribution >= 0.6 is 11.6 Å². The Morgan fingerprint density at radius 2 is 1.56 bits per heavy atom. The zero-order chi connectivity index (χ0) is 29.5. The number of benzene rings is 3. The Morgan fingerprint density at radius 3 is 2.17 bits per heavy atom. The summed E-state index contributed by atoms with van der Waals surface area (Å²) in [6.45, 7) is 5.81. The summed E-state index contributed by atoms with van der Waals surface area (Å²) in [4.78, 5) is 19.2. The number of aromatic nitrogens is 1. The Kier molecular flexibility index (Phi) is 8.04. The molecule has 0 unspecified atom stereocenters. The Bertz CT molecular complexity index is 1820. The predicted octanol–water partition coefficient (Wildman–Crippen LogP) is 5.07. The number of carbonyl (C=O) groups excluding carboxylic acids is 1. The van der Waals surface area contributed by atoms with E-state index in [0.29, 0.717) is 40.2 Å². The van der Waals surface area contributed by atoms with Gasteiger partial charge in [-0.25, -0.2) is 16.8 Å². The number of rotatable bonds is 7. The first kappa shape index (κ1) is 29.3. The molecule has 1 aliphatic rings. The van der Waals surface area contributed by atoms with Gasteiger partial charge in [0.2, 0.25) is 9.84 Å². The first-order valence-corrected chi connectivity index (χ1v) is 17.0. The molecule has 2 N–H and O–H groups in total. The molecule has 1 aromatic heterocycles. The molecule has 1 amide bonds. The van der Waals surface area contributed by atoms with Crippen molar-refractivity contribution >= 4 is 48.1 Å². The van der Waals surface area contributed by atoms with Crippen LogP contribution in [0.1, 0.15) is 40.0 Å². The first-order chi connectivity index (χ1) is 19.3. The monoisotopic (exact) mass is 613 g/mol. The van der Waals surface area contributed by atoms with Crippen molar-refractivity contribution in [1.29, 1.82) is 0 Å². The highest BCUT2D eigenvalue weighted by molar-refractivity contribution is 7.92. The van der Waals surface area contributed by atoms with Gasteiger partial charge in [-0.2, -0.15) is 0 Å². The van der Waals surface area contributed by atoms with Gasteiger partial charge < -0.3 is 10.3 Å². The van der Waals surface area contributed by atoms with Crippen LogP contribution in [0.2, 0.25) is 5.02 Å². The summed E-state index contributed by atoms with van der Waals surface area (Å²) in [5, 5.41) is 3.79. The number of sulfone groups is 2. The number of H-pyrrole nitrogens is 1. The predicted molar refractivity (Wildman–Crippen MR) is 160 cm³/mol. The number of halogens is 1. The zero-order valence-electron chi connectivity index (χ0n) is 23.1. The Labute approximate surface area is 245 Å². The summed E-state index contributed by atoms with van der Waals surface area (Å²) >= 11 is 6.24. The van der Waals surface area contributed by atoms with Gasteiger partial charge in [-0.15, -0.1) is 0 Å². The number of hydrogen-bond acceptors (Lipinski definition) is 6. The second kappa shape index (κ2) is 11.2. The van der Waals surface area contributed by atoms with E-state index in [1.165, 1.54) is 6.26 Å². The molecule has 4 aromatic rings. The van der Waals surface area contributed by atoms with E-state index < -0.39 is 25.6 Å². The van der Waals surface area contributed by atoms with Gasteiger partial charge in [-0.1, -0.05) is 29.8 Å². The number of aromatic amines is 1. The van der Waals surface area contributed by atoms with E-state index >= 15 is 0 Å². The van der Waals surface area contributed by atoms with Crippen molar-refractivity contribution in [2.75, 3.05) is 19.3 Å². The van der Waals surface area contributed by atoms with Crippen LogP contribution in [-0.4, -0.2) is 58.0 Å². The van der Waals surface area contributed by atoms with Crippen LogP contribution in [0.5, 0.6) is 0 Å². The lowest BCUT2D eigenvalue weighted by Gasteiger charge is -2.32. The average molecular weight is 614 g/mol. The van der Waals surface area contributed by atoms with Crippen molar-refractivity contribution in [3.8, 4) is 0 Å². The summed E-state index contributed by atoms with van der Waals surface area (Å²) in [5.41, 5.74) is 3.14. The molecule has 3 aromatic carbocycles. The Hall–Kier alpha value is -3.18. The number of nitrogens with one attached hydrogen (secondary N) is 2. The Morgan fingerprint density at radius 1 is 0.927 bits per heavy atom. The first-order valence-electron chi connectivity index (χ1n) is 13.3. The van der Waals surface area contributed by atoms with E-state index in [1.807, 2.05) is 32.0 Å². The molecule has 11 heteroatoms. The third kappa shape index (κ3) is 6.35. The van der Waals surface area contributed by atoms with Crippen molar-refractivity contribution in [3.63, 3.8) is 0 Å². The van der Waals surface area contributed by atoms with Gasteiger partial charge >= 0.3 is 0 Å². The van der Waals surface area contributed by atoms with Gasteiger partial charge in [0.25, 0.3) is 5.91 Å². The van der Waals surface area contributed by atoms with Gasteiger partial charge in [0.1, 0.15) is 10.6 Å². The van der Waals surface area contributed by atoms with Gasteiger partial charge in [0.15, 0.2) is 9.84 Å². The molecule has 216 valence electrons. The number of amides is 1. The highest BCUT2D eigenvalue weighted by Crippen LogP contribution is 2.34. The van der Waals surface area contributed by atoms with Gasteiger partial charge in [0, 0.05) is 47.9 Å². The number of carbonyl (C=O) groups is 1. The SMILES string of the molecule is Cc1cc(C)cc(S(=O)(=O)c2c(C(=O)NC3CCN(Cc4ccc(S(C)(=O)=O)cc4)CC3)[nH]c3ccc(Cl)cc23)c1. The van der Waals surface area contributed by atoms with E-state index in [9.17, 15) is 21.6 Å². The lowest BCUT2D eigenvalue weighted by atomic mass is 10.0. The van der Waals surface area contributed by atoms with Crippen LogP contribution in [0.25, 0.3) is 10.9 Å².